The molecule has 0 aliphatic carbocycles. The van der Waals surface area contributed by atoms with E-state index in [4.69, 9.17) is 9.84 Å². The second kappa shape index (κ2) is 4.46. The van der Waals surface area contributed by atoms with Crippen LogP contribution in [0.5, 0.6) is 5.75 Å². The lowest BCUT2D eigenvalue weighted by Crippen LogP contribution is -2.44. The van der Waals surface area contributed by atoms with Crippen LogP contribution < -0.4 is 15.1 Å². The van der Waals surface area contributed by atoms with Crippen LogP contribution in [-0.4, -0.2) is 39.7 Å². The van der Waals surface area contributed by atoms with Gasteiger partial charge in [-0.15, -0.1) is 0 Å². The molecule has 2 aliphatic rings. The van der Waals surface area contributed by atoms with Gasteiger partial charge < -0.3 is 19.7 Å². The van der Waals surface area contributed by atoms with Crippen LogP contribution in [0.25, 0.3) is 11.0 Å². The molecule has 2 aliphatic heterocycles. The summed E-state index contributed by atoms with van der Waals surface area (Å²) in [6.07, 6.45) is 3.37. The first-order valence-corrected chi connectivity index (χ1v) is 7.29. The fraction of sp³-hybridized carbons (Fsp3) is 0.400. The first kappa shape index (κ1) is 13.1. The highest BCUT2D eigenvalue weighted by Crippen LogP contribution is 2.39. The summed E-state index contributed by atoms with van der Waals surface area (Å²) in [4.78, 5) is 32.9. The number of fused-ring (bicyclic) bond motifs is 4. The van der Waals surface area contributed by atoms with E-state index in [1.165, 1.54) is 6.20 Å². The molecule has 7 heteroatoms. The highest BCUT2D eigenvalue weighted by molar-refractivity contribution is 5.92. The lowest BCUT2D eigenvalue weighted by Gasteiger charge is -2.37. The second-order valence-electron chi connectivity index (χ2n) is 5.77. The highest BCUT2D eigenvalue weighted by atomic mass is 16.5. The number of carboxylic acid groups (broad SMARTS) is 1. The van der Waals surface area contributed by atoms with Gasteiger partial charge >= 0.3 is 5.97 Å². The molecule has 114 valence electrons. The minimum atomic E-state index is -1.25. The van der Waals surface area contributed by atoms with E-state index < -0.39 is 11.4 Å². The fourth-order valence-electron chi connectivity index (χ4n) is 3.39. The molecule has 7 nitrogen and oxygen atoms in total. The van der Waals surface area contributed by atoms with Crippen molar-refractivity contribution in [3.8, 4) is 5.75 Å². The summed E-state index contributed by atoms with van der Waals surface area (Å²) in [5.41, 5.74) is -0.453. The summed E-state index contributed by atoms with van der Waals surface area (Å²) in [6.45, 7) is 2.93. The summed E-state index contributed by atoms with van der Waals surface area (Å²) in [6, 6.07) is 1.91. The Morgan fingerprint density at radius 1 is 1.55 bits per heavy atom. The van der Waals surface area contributed by atoms with Gasteiger partial charge in [0.1, 0.15) is 17.3 Å². The zero-order valence-electron chi connectivity index (χ0n) is 12.0. The largest absolute Gasteiger partial charge is 0.485 e. The van der Waals surface area contributed by atoms with Crippen LogP contribution in [0.15, 0.2) is 17.1 Å². The molecule has 0 unspecified atom stereocenters. The highest BCUT2D eigenvalue weighted by Gasteiger charge is 2.37. The zero-order chi connectivity index (χ0) is 15.4. The Kier molecular flexibility index (Phi) is 2.66. The van der Waals surface area contributed by atoms with E-state index in [9.17, 15) is 9.59 Å². The molecule has 2 aromatic heterocycles. The minimum Gasteiger partial charge on any atom is -0.485 e. The Hall–Kier alpha value is -2.57. The molecule has 4 rings (SSSR count). The standard InChI is InChI=1S/C15H15N3O4/c1-7-10-3-2-4-18(10)14-11(22-7)5-8-12(19)9(15(20)21)6-16-13(8)17-14/h5-7,10H,2-4H2,1H3,(H,20,21)(H,16,17,19)/t7-,10-/m0/s1. The number of hydrogen-bond acceptors (Lipinski definition) is 5. The van der Waals surface area contributed by atoms with E-state index in [1.807, 2.05) is 6.92 Å². The third-order valence-corrected chi connectivity index (χ3v) is 4.47. The van der Waals surface area contributed by atoms with Gasteiger partial charge in [0, 0.05) is 12.7 Å². The van der Waals surface area contributed by atoms with Crippen molar-refractivity contribution in [3.63, 3.8) is 0 Å². The summed E-state index contributed by atoms with van der Waals surface area (Å²) in [5.74, 6) is 0.0211. The molecule has 0 aromatic carbocycles. The van der Waals surface area contributed by atoms with Crippen LogP contribution in [0.4, 0.5) is 5.82 Å². The number of ether oxygens (including phenoxy) is 1. The first-order valence-electron chi connectivity index (χ1n) is 7.29. The van der Waals surface area contributed by atoms with Crippen molar-refractivity contribution in [1.82, 2.24) is 9.97 Å². The van der Waals surface area contributed by atoms with Crippen LogP contribution in [0.3, 0.4) is 0 Å². The molecule has 1 fully saturated rings. The molecular formula is C15H15N3O4. The fourth-order valence-corrected chi connectivity index (χ4v) is 3.39. The van der Waals surface area contributed by atoms with Gasteiger partial charge in [-0.3, -0.25) is 4.79 Å². The molecular weight excluding hydrogens is 286 g/mol. The summed E-state index contributed by atoms with van der Waals surface area (Å²) >= 11 is 0. The number of nitrogens with zero attached hydrogens (tertiary/aromatic N) is 2. The molecule has 0 bridgehead atoms. The number of carbonyl (C=O) groups is 1. The number of H-pyrrole nitrogens is 1. The maximum absolute atomic E-state index is 12.3. The van der Waals surface area contributed by atoms with Gasteiger partial charge in [0.05, 0.1) is 11.4 Å². The van der Waals surface area contributed by atoms with Crippen molar-refractivity contribution in [1.29, 1.82) is 0 Å². The first-order chi connectivity index (χ1) is 10.6. The smallest absolute Gasteiger partial charge is 0.341 e. The van der Waals surface area contributed by atoms with Gasteiger partial charge in [-0.05, 0) is 25.8 Å². The Bertz CT molecular complexity index is 845. The van der Waals surface area contributed by atoms with Crippen LogP contribution in [0.1, 0.15) is 30.1 Å². The lowest BCUT2D eigenvalue weighted by molar-refractivity contribution is 0.0695. The quantitative estimate of drug-likeness (QED) is 0.826. The van der Waals surface area contributed by atoms with Gasteiger partial charge in [-0.2, -0.15) is 0 Å². The molecule has 4 heterocycles. The second-order valence-corrected chi connectivity index (χ2v) is 5.77. The number of nitrogens with one attached hydrogen (secondary N) is 1. The molecule has 2 aromatic rings. The summed E-state index contributed by atoms with van der Waals surface area (Å²) in [5, 5.41) is 9.29. The Morgan fingerprint density at radius 2 is 2.36 bits per heavy atom. The minimum absolute atomic E-state index is 0.0241. The molecule has 0 spiro atoms. The number of aromatic amines is 1. The third-order valence-electron chi connectivity index (χ3n) is 4.47. The van der Waals surface area contributed by atoms with Gasteiger partial charge in [-0.1, -0.05) is 0 Å². The van der Waals surface area contributed by atoms with E-state index in [0.717, 1.165) is 25.2 Å². The average Bonchev–Trinajstić information content (AvgIpc) is 2.97. The topological polar surface area (TPSA) is 95.5 Å². The molecule has 22 heavy (non-hydrogen) atoms. The number of carboxylic acids is 1. The molecule has 2 atom stereocenters. The number of pyridine rings is 2. The Balaban J connectivity index is 1.95. The summed E-state index contributed by atoms with van der Waals surface area (Å²) in [7, 11) is 0. The maximum atomic E-state index is 12.3. The maximum Gasteiger partial charge on any atom is 0.341 e. The predicted molar refractivity (Wildman–Crippen MR) is 79.8 cm³/mol. The number of hydrogen-bond donors (Lipinski definition) is 2. The van der Waals surface area contributed by atoms with Crippen molar-refractivity contribution in [2.75, 3.05) is 11.4 Å². The Labute approximate surface area is 125 Å². The number of aromatic carboxylic acids is 1. The molecule has 1 saturated heterocycles. The normalized spacial score (nSPS) is 23.0. The van der Waals surface area contributed by atoms with Crippen molar-refractivity contribution >= 4 is 22.8 Å². The van der Waals surface area contributed by atoms with E-state index in [2.05, 4.69) is 14.9 Å². The van der Waals surface area contributed by atoms with Crippen molar-refractivity contribution < 1.29 is 14.6 Å². The molecule has 0 radical (unpaired) electrons. The van der Waals surface area contributed by atoms with Crippen LogP contribution in [-0.2, 0) is 0 Å². The van der Waals surface area contributed by atoms with E-state index in [1.54, 1.807) is 6.07 Å². The van der Waals surface area contributed by atoms with Gasteiger partial charge in [0.2, 0.25) is 5.43 Å². The Morgan fingerprint density at radius 3 is 3.14 bits per heavy atom. The number of rotatable bonds is 1. The van der Waals surface area contributed by atoms with Crippen molar-refractivity contribution in [2.24, 2.45) is 0 Å². The van der Waals surface area contributed by atoms with E-state index in [0.29, 0.717) is 17.4 Å². The van der Waals surface area contributed by atoms with Crippen LogP contribution in [0, 0.1) is 0 Å². The zero-order valence-corrected chi connectivity index (χ0v) is 12.0. The lowest BCUT2D eigenvalue weighted by atomic mass is 10.1. The van der Waals surface area contributed by atoms with Crippen molar-refractivity contribution in [3.05, 3.63) is 28.0 Å². The predicted octanol–water partition coefficient (Wildman–Crippen LogP) is 1.37. The molecule has 2 N–H and O–H groups in total. The average molecular weight is 301 g/mol. The molecule has 0 saturated carbocycles. The SMILES string of the molecule is C[C@@H]1Oc2cc3c(=O)c(C(=O)O)c[nH]c3nc2N2CCC[C@@H]12. The van der Waals surface area contributed by atoms with Gasteiger partial charge in [0.25, 0.3) is 0 Å². The summed E-state index contributed by atoms with van der Waals surface area (Å²) < 4.78 is 5.90. The van der Waals surface area contributed by atoms with Crippen molar-refractivity contribution in [2.45, 2.75) is 31.9 Å². The van der Waals surface area contributed by atoms with Gasteiger partial charge in [0.15, 0.2) is 11.6 Å². The van der Waals surface area contributed by atoms with Crippen LogP contribution in [0.2, 0.25) is 0 Å². The van der Waals surface area contributed by atoms with Crippen LogP contribution >= 0.6 is 0 Å². The molecule has 0 amide bonds. The van der Waals surface area contributed by atoms with E-state index >= 15 is 0 Å². The number of anilines is 1. The van der Waals surface area contributed by atoms with Gasteiger partial charge in [-0.25, -0.2) is 9.78 Å². The monoisotopic (exact) mass is 301 g/mol. The number of aromatic nitrogens is 2. The third kappa shape index (κ3) is 1.71. The van der Waals surface area contributed by atoms with E-state index in [-0.39, 0.29) is 17.1 Å².